The number of hydrogen-bond acceptors (Lipinski definition) is 4. The highest BCUT2D eigenvalue weighted by atomic mass is 16.6. The lowest BCUT2D eigenvalue weighted by Gasteiger charge is -2.36. The molecule has 1 rings (SSSR count). The van der Waals surface area contributed by atoms with E-state index in [1.807, 2.05) is 53.4 Å². The zero-order valence-electron chi connectivity index (χ0n) is 19.2. The van der Waals surface area contributed by atoms with Crippen molar-refractivity contribution < 1.29 is 19.1 Å². The van der Waals surface area contributed by atoms with Crippen LogP contribution in [0.15, 0.2) is 0 Å². The molecule has 164 valence electrons. The van der Waals surface area contributed by atoms with E-state index in [0.29, 0.717) is 19.6 Å². The van der Waals surface area contributed by atoms with Crippen LogP contribution in [0.4, 0.5) is 9.59 Å². The summed E-state index contributed by atoms with van der Waals surface area (Å²) in [4.78, 5) is 28.9. The summed E-state index contributed by atoms with van der Waals surface area (Å²) >= 11 is 0. The quantitative estimate of drug-likeness (QED) is 0.560. The van der Waals surface area contributed by atoms with Crippen LogP contribution in [-0.4, -0.2) is 58.9 Å². The van der Waals surface area contributed by atoms with Crippen molar-refractivity contribution in [1.29, 1.82) is 0 Å². The molecule has 6 heteroatoms. The van der Waals surface area contributed by atoms with Gasteiger partial charge in [-0.05, 0) is 67.2 Å². The Hall–Kier alpha value is -1.46. The molecule has 1 aliphatic carbocycles. The van der Waals surface area contributed by atoms with E-state index in [2.05, 4.69) is 0 Å². The maximum atomic E-state index is 12.8. The van der Waals surface area contributed by atoms with E-state index in [9.17, 15) is 9.59 Å². The fourth-order valence-corrected chi connectivity index (χ4v) is 3.46. The largest absolute Gasteiger partial charge is 0.444 e. The van der Waals surface area contributed by atoms with Gasteiger partial charge in [0.2, 0.25) is 0 Å². The SMILES string of the molecule is CCCN(CCCN(C(=O)OC(C)(C)C)C1CCCCC1)C(=O)OC(C)(C)C. The summed E-state index contributed by atoms with van der Waals surface area (Å²) in [5, 5.41) is 0. The lowest BCUT2D eigenvalue weighted by Crippen LogP contribution is -2.46. The van der Waals surface area contributed by atoms with Crippen molar-refractivity contribution in [2.45, 2.75) is 111 Å². The van der Waals surface area contributed by atoms with E-state index in [4.69, 9.17) is 9.47 Å². The van der Waals surface area contributed by atoms with Gasteiger partial charge in [0.25, 0.3) is 0 Å². The van der Waals surface area contributed by atoms with Crippen molar-refractivity contribution in [3.63, 3.8) is 0 Å². The minimum atomic E-state index is -0.506. The maximum Gasteiger partial charge on any atom is 0.410 e. The molecule has 1 saturated carbocycles. The summed E-state index contributed by atoms with van der Waals surface area (Å²) in [5.41, 5.74) is -1.01. The predicted octanol–water partition coefficient (Wildman–Crippen LogP) is 5.59. The first kappa shape index (κ1) is 24.6. The number of hydrogen-bond donors (Lipinski definition) is 0. The Balaban J connectivity index is 2.70. The Morgan fingerprint density at radius 3 is 1.86 bits per heavy atom. The van der Waals surface area contributed by atoms with Gasteiger partial charge in [-0.25, -0.2) is 9.59 Å². The van der Waals surface area contributed by atoms with E-state index in [-0.39, 0.29) is 18.2 Å². The molecule has 0 N–H and O–H groups in total. The van der Waals surface area contributed by atoms with Crippen molar-refractivity contribution in [3.8, 4) is 0 Å². The molecule has 0 radical (unpaired) electrons. The second-order valence-corrected chi connectivity index (χ2v) is 9.79. The van der Waals surface area contributed by atoms with E-state index in [1.165, 1.54) is 6.42 Å². The standard InChI is InChI=1S/C22H42N2O4/c1-8-15-23(19(25)27-21(2,3)4)16-12-17-24(18-13-10-9-11-14-18)20(26)28-22(5,6)7/h18H,8-17H2,1-7H3. The van der Waals surface area contributed by atoms with Crippen LogP contribution < -0.4 is 0 Å². The van der Waals surface area contributed by atoms with E-state index >= 15 is 0 Å². The summed E-state index contributed by atoms with van der Waals surface area (Å²) in [6.45, 7) is 15.2. The number of nitrogens with zero attached hydrogens (tertiary/aromatic N) is 2. The first-order chi connectivity index (χ1) is 12.9. The van der Waals surface area contributed by atoms with Gasteiger partial charge in [-0.15, -0.1) is 0 Å². The average molecular weight is 399 g/mol. The van der Waals surface area contributed by atoms with Crippen LogP contribution >= 0.6 is 0 Å². The van der Waals surface area contributed by atoms with Gasteiger partial charge in [-0.1, -0.05) is 26.2 Å². The average Bonchev–Trinajstić information content (AvgIpc) is 2.55. The Bertz CT molecular complexity index is 488. The van der Waals surface area contributed by atoms with Crippen molar-refractivity contribution in [2.75, 3.05) is 19.6 Å². The number of rotatable bonds is 7. The van der Waals surface area contributed by atoms with Gasteiger partial charge in [0.15, 0.2) is 0 Å². The molecule has 1 aliphatic rings. The molecule has 0 heterocycles. The van der Waals surface area contributed by atoms with E-state index < -0.39 is 11.2 Å². The van der Waals surface area contributed by atoms with Gasteiger partial charge in [-0.3, -0.25) is 0 Å². The molecule has 0 saturated heterocycles. The van der Waals surface area contributed by atoms with Crippen molar-refractivity contribution >= 4 is 12.2 Å². The molecule has 0 aromatic heterocycles. The summed E-state index contributed by atoms with van der Waals surface area (Å²) in [7, 11) is 0. The van der Waals surface area contributed by atoms with Gasteiger partial charge >= 0.3 is 12.2 Å². The van der Waals surface area contributed by atoms with Crippen LogP contribution in [0.3, 0.4) is 0 Å². The van der Waals surface area contributed by atoms with Crippen LogP contribution in [0.1, 0.15) is 93.4 Å². The van der Waals surface area contributed by atoms with Crippen LogP contribution in [0.25, 0.3) is 0 Å². The first-order valence-electron chi connectivity index (χ1n) is 10.9. The van der Waals surface area contributed by atoms with Gasteiger partial charge in [0.05, 0.1) is 0 Å². The number of ether oxygens (including phenoxy) is 2. The molecule has 0 bridgehead atoms. The van der Waals surface area contributed by atoms with Crippen molar-refractivity contribution in [3.05, 3.63) is 0 Å². The van der Waals surface area contributed by atoms with Gasteiger partial charge in [0.1, 0.15) is 11.2 Å². The third-order valence-corrected chi connectivity index (χ3v) is 4.62. The molecule has 0 unspecified atom stereocenters. The summed E-state index contributed by atoms with van der Waals surface area (Å²) < 4.78 is 11.2. The predicted molar refractivity (Wildman–Crippen MR) is 113 cm³/mol. The second-order valence-electron chi connectivity index (χ2n) is 9.79. The Labute approximate surface area is 171 Å². The maximum absolute atomic E-state index is 12.8. The molecule has 0 aromatic rings. The lowest BCUT2D eigenvalue weighted by molar-refractivity contribution is 0.0100. The fourth-order valence-electron chi connectivity index (χ4n) is 3.46. The smallest absolute Gasteiger partial charge is 0.410 e. The normalized spacial score (nSPS) is 15.8. The molecular formula is C22H42N2O4. The first-order valence-corrected chi connectivity index (χ1v) is 10.9. The minimum Gasteiger partial charge on any atom is -0.444 e. The molecule has 0 aromatic carbocycles. The van der Waals surface area contributed by atoms with Crippen molar-refractivity contribution in [1.82, 2.24) is 9.80 Å². The van der Waals surface area contributed by atoms with Gasteiger partial charge in [0, 0.05) is 25.7 Å². The third-order valence-electron chi connectivity index (χ3n) is 4.62. The van der Waals surface area contributed by atoms with Gasteiger partial charge in [-0.2, -0.15) is 0 Å². The molecule has 1 fully saturated rings. The molecular weight excluding hydrogens is 356 g/mol. The topological polar surface area (TPSA) is 59.1 Å². The summed E-state index contributed by atoms with van der Waals surface area (Å²) in [6, 6.07) is 0.241. The van der Waals surface area contributed by atoms with Crippen LogP contribution in [0, 0.1) is 0 Å². The van der Waals surface area contributed by atoms with Crippen molar-refractivity contribution in [2.24, 2.45) is 0 Å². The zero-order valence-corrected chi connectivity index (χ0v) is 19.2. The van der Waals surface area contributed by atoms with E-state index in [0.717, 1.165) is 38.5 Å². The van der Waals surface area contributed by atoms with E-state index in [1.54, 1.807) is 4.90 Å². The molecule has 2 amide bonds. The van der Waals surface area contributed by atoms with Crippen LogP contribution in [0.2, 0.25) is 0 Å². The molecule has 6 nitrogen and oxygen atoms in total. The summed E-state index contributed by atoms with van der Waals surface area (Å²) in [5.74, 6) is 0. The monoisotopic (exact) mass is 398 g/mol. The molecule has 0 atom stereocenters. The summed E-state index contributed by atoms with van der Waals surface area (Å²) in [6.07, 6.45) is 6.69. The Kier molecular flexibility index (Phi) is 9.58. The van der Waals surface area contributed by atoms with Crippen LogP contribution in [-0.2, 0) is 9.47 Å². The molecule has 0 spiro atoms. The third kappa shape index (κ3) is 9.65. The second kappa shape index (κ2) is 10.9. The Morgan fingerprint density at radius 2 is 1.36 bits per heavy atom. The highest BCUT2D eigenvalue weighted by Gasteiger charge is 2.29. The highest BCUT2D eigenvalue weighted by Crippen LogP contribution is 2.24. The molecule has 0 aliphatic heterocycles. The number of carbonyl (C=O) groups is 2. The Morgan fingerprint density at radius 1 is 0.821 bits per heavy atom. The fraction of sp³-hybridized carbons (Fsp3) is 0.909. The number of amides is 2. The molecule has 28 heavy (non-hydrogen) atoms. The lowest BCUT2D eigenvalue weighted by atomic mass is 9.94. The zero-order chi connectivity index (χ0) is 21.4. The van der Waals surface area contributed by atoms with Crippen LogP contribution in [0.5, 0.6) is 0 Å². The van der Waals surface area contributed by atoms with Gasteiger partial charge < -0.3 is 19.3 Å². The number of carbonyl (C=O) groups excluding carboxylic acids is 2. The minimum absolute atomic E-state index is 0.237. The highest BCUT2D eigenvalue weighted by molar-refractivity contribution is 5.69.